The van der Waals surface area contributed by atoms with Gasteiger partial charge in [0.15, 0.2) is 0 Å². The molecule has 0 aromatic heterocycles. The maximum absolute atomic E-state index is 12.5. The zero-order valence-electron chi connectivity index (χ0n) is 10.6. The molecule has 0 saturated carbocycles. The zero-order valence-corrected chi connectivity index (χ0v) is 10.6. The molecule has 0 spiro atoms. The van der Waals surface area contributed by atoms with Crippen molar-refractivity contribution in [1.29, 1.82) is 0 Å². The van der Waals surface area contributed by atoms with Gasteiger partial charge in [0.25, 0.3) is 0 Å². The number of likely N-dealkylation sites (tertiary alicyclic amines) is 1. The van der Waals surface area contributed by atoms with E-state index in [2.05, 4.69) is 4.90 Å². The molecule has 16 heavy (non-hydrogen) atoms. The van der Waals surface area contributed by atoms with E-state index in [9.17, 15) is 8.78 Å². The van der Waals surface area contributed by atoms with Crippen molar-refractivity contribution >= 4 is 0 Å². The largest absolute Gasteiger partial charge is 0.374 e. The van der Waals surface area contributed by atoms with Gasteiger partial charge in [-0.25, -0.2) is 8.78 Å². The maximum atomic E-state index is 12.5. The minimum atomic E-state index is -2.20. The lowest BCUT2D eigenvalue weighted by molar-refractivity contribution is -0.0361. The molecule has 1 aliphatic heterocycles. The van der Waals surface area contributed by atoms with Crippen LogP contribution in [0.3, 0.4) is 0 Å². The number of ether oxygens (including phenoxy) is 1. The Morgan fingerprint density at radius 1 is 1.31 bits per heavy atom. The number of alkyl halides is 2. The predicted octanol–water partition coefficient (Wildman–Crippen LogP) is 2.78. The summed E-state index contributed by atoms with van der Waals surface area (Å²) in [4.78, 5) is 2.15. The highest BCUT2D eigenvalue weighted by Gasteiger charge is 2.37. The highest BCUT2D eigenvalue weighted by molar-refractivity contribution is 4.89. The molecule has 3 atom stereocenters. The van der Waals surface area contributed by atoms with E-state index in [1.165, 1.54) is 0 Å². The number of halogens is 2. The molecular formula is C12H23F2NO. The van der Waals surface area contributed by atoms with E-state index in [-0.39, 0.29) is 30.6 Å². The average Bonchev–Trinajstić information content (AvgIpc) is 2.44. The number of nitrogens with zero attached hydrogens (tertiary/aromatic N) is 1. The molecule has 0 aromatic carbocycles. The van der Waals surface area contributed by atoms with E-state index in [4.69, 9.17) is 4.74 Å². The van der Waals surface area contributed by atoms with Gasteiger partial charge in [0.2, 0.25) is 6.43 Å². The first kappa shape index (κ1) is 13.8. The summed E-state index contributed by atoms with van der Waals surface area (Å²) >= 11 is 0. The van der Waals surface area contributed by atoms with E-state index in [1.54, 1.807) is 0 Å². The van der Waals surface area contributed by atoms with E-state index >= 15 is 0 Å². The Balaban J connectivity index is 2.58. The molecule has 2 nitrogen and oxygen atoms in total. The summed E-state index contributed by atoms with van der Waals surface area (Å²) in [5, 5.41) is 0. The van der Waals surface area contributed by atoms with Crippen LogP contribution in [-0.2, 0) is 4.74 Å². The second kappa shape index (κ2) is 5.92. The smallest absolute Gasteiger partial charge is 0.239 e. The SMILES string of the molecule is CC(C)O[C@@H](C)[C@@H]1C(CC(F)F)CCN1C. The van der Waals surface area contributed by atoms with Crippen molar-refractivity contribution in [2.75, 3.05) is 13.6 Å². The van der Waals surface area contributed by atoms with Crippen molar-refractivity contribution in [3.63, 3.8) is 0 Å². The first-order chi connectivity index (χ1) is 7.41. The van der Waals surface area contributed by atoms with Crippen LogP contribution in [-0.4, -0.2) is 43.2 Å². The summed E-state index contributed by atoms with van der Waals surface area (Å²) in [7, 11) is 2.00. The molecule has 1 fully saturated rings. The highest BCUT2D eigenvalue weighted by Crippen LogP contribution is 2.31. The first-order valence-corrected chi connectivity index (χ1v) is 6.05. The van der Waals surface area contributed by atoms with Crippen LogP contribution in [0.2, 0.25) is 0 Å². The molecule has 1 rings (SSSR count). The molecule has 1 saturated heterocycles. The third kappa shape index (κ3) is 3.67. The van der Waals surface area contributed by atoms with Crippen molar-refractivity contribution in [1.82, 2.24) is 4.90 Å². The van der Waals surface area contributed by atoms with Crippen LogP contribution in [0.15, 0.2) is 0 Å². The fourth-order valence-electron chi connectivity index (χ4n) is 2.79. The Morgan fingerprint density at radius 3 is 2.44 bits per heavy atom. The summed E-state index contributed by atoms with van der Waals surface area (Å²) in [6.07, 6.45) is -1.17. The Kier molecular flexibility index (Phi) is 5.12. The van der Waals surface area contributed by atoms with Gasteiger partial charge in [0, 0.05) is 12.5 Å². The van der Waals surface area contributed by atoms with Crippen molar-refractivity contribution in [2.24, 2.45) is 5.92 Å². The third-order valence-corrected chi connectivity index (χ3v) is 3.29. The number of likely N-dealkylation sites (N-methyl/N-ethyl adjacent to an activating group) is 1. The van der Waals surface area contributed by atoms with Gasteiger partial charge in [0.05, 0.1) is 12.2 Å². The fraction of sp³-hybridized carbons (Fsp3) is 1.00. The quantitative estimate of drug-likeness (QED) is 0.726. The van der Waals surface area contributed by atoms with Crippen molar-refractivity contribution in [3.05, 3.63) is 0 Å². The second-order valence-corrected chi connectivity index (χ2v) is 5.04. The summed E-state index contributed by atoms with van der Waals surface area (Å²) in [6.45, 7) is 6.85. The molecule has 0 N–H and O–H groups in total. The molecule has 4 heteroatoms. The van der Waals surface area contributed by atoms with Crippen LogP contribution < -0.4 is 0 Å². The van der Waals surface area contributed by atoms with E-state index in [0.29, 0.717) is 0 Å². The Bertz CT molecular complexity index is 211. The van der Waals surface area contributed by atoms with Gasteiger partial charge in [-0.1, -0.05) is 0 Å². The van der Waals surface area contributed by atoms with Crippen LogP contribution in [0.25, 0.3) is 0 Å². The molecule has 0 radical (unpaired) electrons. The van der Waals surface area contributed by atoms with Crippen LogP contribution in [0, 0.1) is 5.92 Å². The molecule has 1 unspecified atom stereocenters. The van der Waals surface area contributed by atoms with Gasteiger partial charge in [-0.15, -0.1) is 0 Å². The summed E-state index contributed by atoms with van der Waals surface area (Å²) in [5.74, 6) is 0.0683. The molecule has 0 amide bonds. The normalized spacial score (nSPS) is 29.2. The van der Waals surface area contributed by atoms with Gasteiger partial charge in [0.1, 0.15) is 0 Å². The first-order valence-electron chi connectivity index (χ1n) is 6.05. The van der Waals surface area contributed by atoms with E-state index < -0.39 is 6.43 Å². The van der Waals surface area contributed by atoms with E-state index in [0.717, 1.165) is 13.0 Å². The summed E-state index contributed by atoms with van der Waals surface area (Å²) in [5.41, 5.74) is 0. The number of hydrogen-bond acceptors (Lipinski definition) is 2. The number of rotatable bonds is 5. The molecule has 0 aliphatic carbocycles. The molecule has 0 aromatic rings. The van der Waals surface area contributed by atoms with Gasteiger partial charge in [-0.2, -0.15) is 0 Å². The van der Waals surface area contributed by atoms with E-state index in [1.807, 2.05) is 27.8 Å². The van der Waals surface area contributed by atoms with Crippen molar-refractivity contribution in [2.45, 2.75) is 58.3 Å². The van der Waals surface area contributed by atoms with Crippen LogP contribution in [0.5, 0.6) is 0 Å². The fourth-order valence-corrected chi connectivity index (χ4v) is 2.79. The second-order valence-electron chi connectivity index (χ2n) is 5.04. The molecule has 1 aliphatic rings. The lowest BCUT2D eigenvalue weighted by atomic mass is 9.93. The molecule has 0 bridgehead atoms. The zero-order chi connectivity index (χ0) is 12.3. The van der Waals surface area contributed by atoms with Crippen molar-refractivity contribution in [3.8, 4) is 0 Å². The van der Waals surface area contributed by atoms with Crippen LogP contribution >= 0.6 is 0 Å². The van der Waals surface area contributed by atoms with Gasteiger partial charge in [-0.05, 0) is 46.7 Å². The molecule has 96 valence electrons. The van der Waals surface area contributed by atoms with Crippen LogP contribution in [0.1, 0.15) is 33.6 Å². The third-order valence-electron chi connectivity index (χ3n) is 3.29. The summed E-state index contributed by atoms with van der Waals surface area (Å²) in [6, 6.07) is 0.136. The number of hydrogen-bond donors (Lipinski definition) is 0. The minimum absolute atomic E-state index is 0.000796. The highest BCUT2D eigenvalue weighted by atomic mass is 19.3. The van der Waals surface area contributed by atoms with Gasteiger partial charge in [-0.3, -0.25) is 0 Å². The topological polar surface area (TPSA) is 12.5 Å². The Hall–Kier alpha value is -0.220. The average molecular weight is 235 g/mol. The molecular weight excluding hydrogens is 212 g/mol. The van der Waals surface area contributed by atoms with Crippen molar-refractivity contribution < 1.29 is 13.5 Å². The standard InChI is InChI=1S/C12H23F2NO/c1-8(2)16-9(3)12-10(7-11(13)14)5-6-15(12)4/h8-12H,5-7H2,1-4H3/t9-,10?,12+/m0/s1. The lowest BCUT2D eigenvalue weighted by Crippen LogP contribution is -2.41. The Morgan fingerprint density at radius 2 is 1.94 bits per heavy atom. The minimum Gasteiger partial charge on any atom is -0.374 e. The lowest BCUT2D eigenvalue weighted by Gasteiger charge is -2.31. The van der Waals surface area contributed by atoms with Gasteiger partial charge < -0.3 is 9.64 Å². The monoisotopic (exact) mass is 235 g/mol. The molecule has 1 heterocycles. The Labute approximate surface area is 97.0 Å². The maximum Gasteiger partial charge on any atom is 0.239 e. The predicted molar refractivity (Wildman–Crippen MR) is 60.8 cm³/mol. The summed E-state index contributed by atoms with van der Waals surface area (Å²) < 4.78 is 30.6. The van der Waals surface area contributed by atoms with Gasteiger partial charge >= 0.3 is 0 Å². The van der Waals surface area contributed by atoms with Crippen LogP contribution in [0.4, 0.5) is 8.78 Å².